The molecule has 0 aliphatic carbocycles. The number of halogens is 2. The number of likely N-dealkylation sites (tertiary alicyclic amines) is 1. The molecule has 0 radical (unpaired) electrons. The van der Waals surface area contributed by atoms with Crippen molar-refractivity contribution in [2.75, 3.05) is 20.2 Å². The Bertz CT molecular complexity index is 406. The number of ether oxygens (including phenoxy) is 2. The standard InChI is InChI=1S/C13H21F2NO4/c1-11(2,3)20-10(18)16-7-6-12(4,9(17)19-5)13(14,15)8-16/h6-8H2,1-5H3. The first-order valence-corrected chi connectivity index (χ1v) is 6.37. The topological polar surface area (TPSA) is 55.8 Å². The van der Waals surface area contributed by atoms with E-state index in [2.05, 4.69) is 4.74 Å². The maximum atomic E-state index is 14.2. The fourth-order valence-electron chi connectivity index (χ4n) is 1.99. The second-order valence-electron chi connectivity index (χ2n) is 6.18. The van der Waals surface area contributed by atoms with Gasteiger partial charge >= 0.3 is 12.1 Å². The van der Waals surface area contributed by atoms with Crippen LogP contribution in [0.2, 0.25) is 0 Å². The number of piperidine rings is 1. The summed E-state index contributed by atoms with van der Waals surface area (Å²) in [6, 6.07) is 0. The maximum Gasteiger partial charge on any atom is 0.410 e. The molecule has 0 bridgehead atoms. The smallest absolute Gasteiger partial charge is 0.410 e. The zero-order valence-electron chi connectivity index (χ0n) is 12.5. The fraction of sp³-hybridized carbons (Fsp3) is 0.846. The monoisotopic (exact) mass is 293 g/mol. The van der Waals surface area contributed by atoms with E-state index < -0.39 is 35.5 Å². The molecule has 1 unspecified atom stereocenters. The summed E-state index contributed by atoms with van der Waals surface area (Å²) in [4.78, 5) is 24.3. The van der Waals surface area contributed by atoms with Crippen molar-refractivity contribution < 1.29 is 27.8 Å². The van der Waals surface area contributed by atoms with Crippen LogP contribution in [0.25, 0.3) is 0 Å². The highest BCUT2D eigenvalue weighted by atomic mass is 19.3. The Balaban J connectivity index is 2.84. The molecule has 116 valence electrons. The van der Waals surface area contributed by atoms with Crippen LogP contribution in [0.4, 0.5) is 13.6 Å². The van der Waals surface area contributed by atoms with Crippen LogP contribution in [0, 0.1) is 5.41 Å². The number of amides is 1. The van der Waals surface area contributed by atoms with Gasteiger partial charge in [-0.15, -0.1) is 0 Å². The minimum absolute atomic E-state index is 0.0239. The van der Waals surface area contributed by atoms with Gasteiger partial charge in [0, 0.05) is 6.54 Å². The number of hydrogen-bond acceptors (Lipinski definition) is 4. The van der Waals surface area contributed by atoms with E-state index in [1.165, 1.54) is 0 Å². The third-order valence-electron chi connectivity index (χ3n) is 3.37. The molecule has 0 aromatic rings. The van der Waals surface area contributed by atoms with E-state index in [0.717, 1.165) is 18.9 Å². The number of rotatable bonds is 1. The van der Waals surface area contributed by atoms with Crippen molar-refractivity contribution in [3.8, 4) is 0 Å². The van der Waals surface area contributed by atoms with Gasteiger partial charge in [-0.3, -0.25) is 4.79 Å². The van der Waals surface area contributed by atoms with Crippen molar-refractivity contribution >= 4 is 12.1 Å². The lowest BCUT2D eigenvalue weighted by molar-refractivity contribution is -0.194. The van der Waals surface area contributed by atoms with Gasteiger partial charge in [0.15, 0.2) is 0 Å². The van der Waals surface area contributed by atoms with Gasteiger partial charge in [0.1, 0.15) is 11.0 Å². The quantitative estimate of drug-likeness (QED) is 0.697. The average molecular weight is 293 g/mol. The first-order chi connectivity index (χ1) is 8.93. The molecular formula is C13H21F2NO4. The van der Waals surface area contributed by atoms with Crippen LogP contribution < -0.4 is 0 Å². The molecule has 1 rings (SSSR count). The first kappa shape index (κ1) is 16.7. The molecule has 1 amide bonds. The van der Waals surface area contributed by atoms with Gasteiger partial charge in [0.05, 0.1) is 13.7 Å². The summed E-state index contributed by atoms with van der Waals surface area (Å²) < 4.78 is 37.9. The number of carbonyl (C=O) groups is 2. The van der Waals surface area contributed by atoms with Gasteiger partial charge in [-0.25, -0.2) is 13.6 Å². The van der Waals surface area contributed by atoms with Gasteiger partial charge in [-0.1, -0.05) is 0 Å². The molecule has 5 nitrogen and oxygen atoms in total. The molecule has 1 aliphatic rings. The Morgan fingerprint density at radius 3 is 2.20 bits per heavy atom. The Kier molecular flexibility index (Phi) is 4.31. The lowest BCUT2D eigenvalue weighted by Gasteiger charge is -2.43. The minimum atomic E-state index is -3.37. The predicted octanol–water partition coefficient (Wildman–Crippen LogP) is 2.44. The number of esters is 1. The van der Waals surface area contributed by atoms with E-state index in [4.69, 9.17) is 4.74 Å². The summed E-state index contributed by atoms with van der Waals surface area (Å²) in [5.41, 5.74) is -2.67. The predicted molar refractivity (Wildman–Crippen MR) is 67.5 cm³/mol. The van der Waals surface area contributed by atoms with Crippen molar-refractivity contribution in [1.82, 2.24) is 4.90 Å². The lowest BCUT2D eigenvalue weighted by atomic mass is 9.77. The SMILES string of the molecule is COC(=O)C1(C)CCN(C(=O)OC(C)(C)C)CC1(F)F. The van der Waals surface area contributed by atoms with Crippen LogP contribution in [0.3, 0.4) is 0 Å². The molecule has 0 saturated carbocycles. The molecule has 1 atom stereocenters. The minimum Gasteiger partial charge on any atom is -0.468 e. The number of carbonyl (C=O) groups excluding carboxylic acids is 2. The number of hydrogen-bond donors (Lipinski definition) is 0. The summed E-state index contributed by atoms with van der Waals surface area (Å²) in [5, 5.41) is 0. The summed E-state index contributed by atoms with van der Waals surface area (Å²) in [6.07, 6.45) is -0.976. The van der Waals surface area contributed by atoms with Crippen molar-refractivity contribution in [3.05, 3.63) is 0 Å². The second-order valence-corrected chi connectivity index (χ2v) is 6.18. The zero-order valence-corrected chi connectivity index (χ0v) is 12.5. The van der Waals surface area contributed by atoms with Crippen LogP contribution in [-0.4, -0.2) is 48.7 Å². The van der Waals surface area contributed by atoms with Gasteiger partial charge in [0.2, 0.25) is 0 Å². The summed E-state index contributed by atoms with van der Waals surface area (Å²) in [5.74, 6) is -4.33. The first-order valence-electron chi connectivity index (χ1n) is 6.37. The zero-order chi connectivity index (χ0) is 15.8. The van der Waals surface area contributed by atoms with Crippen LogP contribution in [0.15, 0.2) is 0 Å². The van der Waals surface area contributed by atoms with E-state index in [-0.39, 0.29) is 13.0 Å². The molecule has 20 heavy (non-hydrogen) atoms. The van der Waals surface area contributed by atoms with E-state index in [9.17, 15) is 18.4 Å². The van der Waals surface area contributed by atoms with Crippen molar-refractivity contribution in [2.24, 2.45) is 5.41 Å². The average Bonchev–Trinajstić information content (AvgIpc) is 2.29. The van der Waals surface area contributed by atoms with E-state index in [1.807, 2.05) is 0 Å². The third kappa shape index (κ3) is 3.19. The summed E-state index contributed by atoms with van der Waals surface area (Å²) in [7, 11) is 1.07. The van der Waals surface area contributed by atoms with E-state index in [1.54, 1.807) is 20.8 Å². The molecule has 0 spiro atoms. The van der Waals surface area contributed by atoms with Crippen LogP contribution in [0.1, 0.15) is 34.1 Å². The van der Waals surface area contributed by atoms with Gasteiger partial charge < -0.3 is 14.4 Å². The van der Waals surface area contributed by atoms with Crippen molar-refractivity contribution in [3.63, 3.8) is 0 Å². The highest BCUT2D eigenvalue weighted by molar-refractivity contribution is 5.78. The van der Waals surface area contributed by atoms with Crippen LogP contribution >= 0.6 is 0 Å². The highest BCUT2D eigenvalue weighted by Gasteiger charge is 2.60. The molecule has 0 aromatic carbocycles. The Hall–Kier alpha value is -1.40. The van der Waals surface area contributed by atoms with Crippen LogP contribution in [-0.2, 0) is 14.3 Å². The van der Waals surface area contributed by atoms with Gasteiger partial charge in [0.25, 0.3) is 5.92 Å². The third-order valence-corrected chi connectivity index (χ3v) is 3.37. The molecule has 1 saturated heterocycles. The molecule has 7 heteroatoms. The number of nitrogens with zero attached hydrogens (tertiary/aromatic N) is 1. The van der Waals surface area contributed by atoms with Crippen molar-refractivity contribution in [2.45, 2.75) is 45.6 Å². The normalized spacial score (nSPS) is 26.1. The molecular weight excluding hydrogens is 272 g/mol. The maximum absolute atomic E-state index is 14.2. The number of alkyl halides is 2. The fourth-order valence-corrected chi connectivity index (χ4v) is 1.99. The van der Waals surface area contributed by atoms with Gasteiger partial charge in [-0.05, 0) is 34.1 Å². The Labute approximate surface area is 117 Å². The van der Waals surface area contributed by atoms with E-state index in [0.29, 0.717) is 0 Å². The highest BCUT2D eigenvalue weighted by Crippen LogP contribution is 2.44. The van der Waals surface area contributed by atoms with Crippen molar-refractivity contribution in [1.29, 1.82) is 0 Å². The summed E-state index contributed by atoms with van der Waals surface area (Å²) in [6.45, 7) is 5.30. The molecule has 0 aromatic heterocycles. The Morgan fingerprint density at radius 1 is 1.25 bits per heavy atom. The van der Waals surface area contributed by atoms with E-state index >= 15 is 0 Å². The van der Waals surface area contributed by atoms with Crippen LogP contribution in [0.5, 0.6) is 0 Å². The van der Waals surface area contributed by atoms with Gasteiger partial charge in [-0.2, -0.15) is 0 Å². The number of methoxy groups -OCH3 is 1. The lowest BCUT2D eigenvalue weighted by Crippen LogP contribution is -2.59. The molecule has 1 heterocycles. The summed E-state index contributed by atoms with van der Waals surface area (Å²) >= 11 is 0. The Morgan fingerprint density at radius 2 is 1.80 bits per heavy atom. The molecule has 1 aliphatic heterocycles. The molecule has 1 fully saturated rings. The second kappa shape index (κ2) is 5.18. The molecule has 0 N–H and O–H groups in total. The largest absolute Gasteiger partial charge is 0.468 e.